The molecule has 2 aromatic carbocycles. The van der Waals surface area contributed by atoms with E-state index in [-0.39, 0.29) is 29.7 Å². The number of piperidine rings is 1. The van der Waals surface area contributed by atoms with Crippen LogP contribution in [0.2, 0.25) is 5.02 Å². The van der Waals surface area contributed by atoms with Crippen molar-refractivity contribution in [3.8, 4) is 0 Å². The first-order chi connectivity index (χ1) is 17.2. The van der Waals surface area contributed by atoms with E-state index in [1.54, 1.807) is 29.6 Å². The quantitative estimate of drug-likeness (QED) is 0.311. The summed E-state index contributed by atoms with van der Waals surface area (Å²) in [4.78, 5) is 52.0. The fourth-order valence-electron chi connectivity index (χ4n) is 5.54. The molecule has 4 amide bonds. The van der Waals surface area contributed by atoms with Gasteiger partial charge in [-0.3, -0.25) is 24.5 Å². The molecule has 0 aliphatic carbocycles. The average molecular weight is 521 g/mol. The van der Waals surface area contributed by atoms with Gasteiger partial charge in [0, 0.05) is 33.8 Å². The van der Waals surface area contributed by atoms with E-state index in [2.05, 4.69) is 10.6 Å². The molecular weight excluding hydrogens is 498 g/mol. The van der Waals surface area contributed by atoms with Crippen molar-refractivity contribution in [3.63, 3.8) is 0 Å². The molecule has 2 atom stereocenters. The first-order valence-corrected chi connectivity index (χ1v) is 12.3. The highest BCUT2D eigenvalue weighted by Gasteiger charge is 2.50. The maximum atomic E-state index is 14.9. The second-order valence-electron chi connectivity index (χ2n) is 10.1. The number of carbonyl (C=O) groups is 4. The Bertz CT molecular complexity index is 1340. The molecule has 37 heavy (non-hydrogen) atoms. The largest absolute Gasteiger partial charge is 0.352 e. The van der Waals surface area contributed by atoms with Crippen molar-refractivity contribution in [2.75, 3.05) is 0 Å². The van der Waals surface area contributed by atoms with Crippen LogP contribution in [0, 0.1) is 0 Å². The minimum Gasteiger partial charge on any atom is -0.352 e. The molecule has 2 N–H and O–H groups in total. The summed E-state index contributed by atoms with van der Waals surface area (Å²) in [6.07, 6.45) is 0.339. The van der Waals surface area contributed by atoms with Crippen LogP contribution in [0.15, 0.2) is 30.3 Å². The standard InChI is InChI=1S/C22H23B5ClF2N3O4/c23-11-7-10(17(25)32-20(37)21(29,30)8-1-3-9(28)4-2-8)16(24)15-14(11)19(36)33(22(15,26)27)12-5-6-13(34)31-18(12)35/h1-4,7,12,17H,5-6,23-27H2,(H,32,37)(H,31,34,35). The first-order valence-electron chi connectivity index (χ1n) is 11.9. The number of benzene rings is 2. The van der Waals surface area contributed by atoms with Crippen molar-refractivity contribution in [2.45, 2.75) is 36.1 Å². The van der Waals surface area contributed by atoms with Gasteiger partial charge in [-0.15, -0.1) is 0 Å². The molecule has 7 nitrogen and oxygen atoms in total. The van der Waals surface area contributed by atoms with Gasteiger partial charge in [-0.05, 0) is 29.7 Å². The van der Waals surface area contributed by atoms with Gasteiger partial charge in [0.15, 0.2) is 0 Å². The maximum Gasteiger partial charge on any atom is 0.349 e. The number of halogens is 3. The monoisotopic (exact) mass is 521 g/mol. The predicted molar refractivity (Wildman–Crippen MR) is 149 cm³/mol. The van der Waals surface area contributed by atoms with Crippen molar-refractivity contribution in [1.82, 2.24) is 15.5 Å². The summed E-state index contributed by atoms with van der Waals surface area (Å²) >= 11 is 5.78. The van der Waals surface area contributed by atoms with Crippen LogP contribution >= 0.6 is 11.6 Å². The molecule has 2 unspecified atom stereocenters. The molecule has 0 spiro atoms. The molecule has 4 rings (SSSR count). The van der Waals surface area contributed by atoms with Crippen LogP contribution in [0.1, 0.15) is 45.8 Å². The lowest BCUT2D eigenvalue weighted by molar-refractivity contribution is -0.147. The van der Waals surface area contributed by atoms with Gasteiger partial charge in [0.2, 0.25) is 11.8 Å². The minimum absolute atomic E-state index is 0.126. The molecule has 2 aromatic rings. The number of hydrogen-bond donors (Lipinski definition) is 2. The average Bonchev–Trinajstić information content (AvgIpc) is 3.02. The van der Waals surface area contributed by atoms with Crippen molar-refractivity contribution in [2.24, 2.45) is 0 Å². The molecule has 2 aliphatic rings. The van der Waals surface area contributed by atoms with Crippen LogP contribution in [0.4, 0.5) is 8.78 Å². The Morgan fingerprint density at radius 1 is 1.19 bits per heavy atom. The first kappa shape index (κ1) is 27.0. The van der Waals surface area contributed by atoms with Gasteiger partial charge in [0.1, 0.15) is 45.3 Å². The summed E-state index contributed by atoms with van der Waals surface area (Å²) in [5.41, 5.74) is 2.49. The van der Waals surface area contributed by atoms with Crippen LogP contribution in [0.25, 0.3) is 0 Å². The summed E-state index contributed by atoms with van der Waals surface area (Å²) in [6, 6.07) is 5.70. The molecule has 0 aromatic heterocycles. The lowest BCUT2D eigenvalue weighted by Crippen LogP contribution is -2.59. The molecule has 0 saturated carbocycles. The zero-order valence-corrected chi connectivity index (χ0v) is 21.9. The molecule has 0 radical (unpaired) electrons. The van der Waals surface area contributed by atoms with Crippen molar-refractivity contribution in [1.29, 1.82) is 0 Å². The minimum atomic E-state index is -3.78. The molecule has 1 fully saturated rings. The van der Waals surface area contributed by atoms with E-state index < -0.39 is 40.6 Å². The normalized spacial score (nSPS) is 19.8. The molecule has 2 heterocycles. The molecule has 15 heteroatoms. The van der Waals surface area contributed by atoms with Crippen LogP contribution in [0.3, 0.4) is 0 Å². The summed E-state index contributed by atoms with van der Waals surface area (Å²) in [5, 5.41) is 4.08. The van der Waals surface area contributed by atoms with Gasteiger partial charge in [0.05, 0.1) is 0 Å². The van der Waals surface area contributed by atoms with E-state index in [0.29, 0.717) is 27.6 Å². The Kier molecular flexibility index (Phi) is 6.86. The number of fused-ring (bicyclic) bond motifs is 1. The Balaban J connectivity index is 1.67. The van der Waals surface area contributed by atoms with Crippen molar-refractivity contribution < 1.29 is 28.0 Å². The molecule has 0 bridgehead atoms. The summed E-state index contributed by atoms with van der Waals surface area (Å²) < 4.78 is 29.8. The number of hydrogen-bond acceptors (Lipinski definition) is 4. The third-order valence-electron chi connectivity index (χ3n) is 7.30. The maximum absolute atomic E-state index is 14.9. The fourth-order valence-corrected chi connectivity index (χ4v) is 5.67. The smallest absolute Gasteiger partial charge is 0.349 e. The van der Waals surface area contributed by atoms with E-state index in [1.807, 2.05) is 15.7 Å². The van der Waals surface area contributed by atoms with Gasteiger partial charge < -0.3 is 10.2 Å². The Morgan fingerprint density at radius 3 is 2.41 bits per heavy atom. The predicted octanol–water partition coefficient (Wildman–Crippen LogP) is -3.97. The van der Waals surface area contributed by atoms with Crippen LogP contribution in [0.5, 0.6) is 0 Å². The second kappa shape index (κ2) is 9.38. The molecule has 2 aliphatic heterocycles. The fraction of sp³-hybridized carbons (Fsp3) is 0.273. The molecule has 1 saturated heterocycles. The van der Waals surface area contributed by atoms with Crippen molar-refractivity contribution >= 4 is 85.4 Å². The zero-order valence-electron chi connectivity index (χ0n) is 21.2. The number of rotatable bonds is 5. The van der Waals surface area contributed by atoms with E-state index in [9.17, 15) is 28.0 Å². The summed E-state index contributed by atoms with van der Waals surface area (Å²) in [7, 11) is 8.74. The Labute approximate surface area is 222 Å². The van der Waals surface area contributed by atoms with Gasteiger partial charge in [-0.1, -0.05) is 40.7 Å². The molecular formula is C22H23B5ClF2N3O4. The summed E-state index contributed by atoms with van der Waals surface area (Å²) in [6.45, 7) is 0. The third-order valence-corrected chi connectivity index (χ3v) is 7.55. The highest BCUT2D eigenvalue weighted by molar-refractivity contribution is 6.50. The number of carbonyl (C=O) groups excluding carboxylic acids is 4. The highest BCUT2D eigenvalue weighted by Crippen LogP contribution is 2.37. The SMILES string of the molecule is Bc1cc(C(B)NC(=O)C(F)(F)c2ccc(Cl)cc2)c(B)c2c1C(=O)N(C1CCC(=O)NC1=O)C2(B)B. The number of nitrogens with zero attached hydrogens (tertiary/aromatic N) is 1. The number of amides is 4. The Morgan fingerprint density at radius 2 is 1.81 bits per heavy atom. The van der Waals surface area contributed by atoms with Gasteiger partial charge in [0.25, 0.3) is 11.8 Å². The molecule has 186 valence electrons. The number of imide groups is 1. The topological polar surface area (TPSA) is 95.6 Å². The lowest BCUT2D eigenvalue weighted by atomic mass is 9.54. The highest BCUT2D eigenvalue weighted by atomic mass is 35.5. The zero-order chi connectivity index (χ0) is 27.4. The van der Waals surface area contributed by atoms with E-state index in [1.165, 1.54) is 17.0 Å². The van der Waals surface area contributed by atoms with Crippen LogP contribution < -0.4 is 21.6 Å². The van der Waals surface area contributed by atoms with E-state index >= 15 is 0 Å². The van der Waals surface area contributed by atoms with Crippen molar-refractivity contribution in [3.05, 3.63) is 57.6 Å². The second-order valence-corrected chi connectivity index (χ2v) is 10.6. The Hall–Kier alpha value is -3.01. The number of nitrogens with one attached hydrogen (secondary N) is 2. The lowest BCUT2D eigenvalue weighted by Gasteiger charge is -2.40. The van der Waals surface area contributed by atoms with Gasteiger partial charge >= 0.3 is 5.92 Å². The van der Waals surface area contributed by atoms with Gasteiger partial charge in [-0.2, -0.15) is 8.78 Å². The van der Waals surface area contributed by atoms with E-state index in [0.717, 1.165) is 12.1 Å². The number of alkyl halides is 2. The van der Waals surface area contributed by atoms with Gasteiger partial charge in [-0.25, -0.2) is 0 Å². The third kappa shape index (κ3) is 4.49. The van der Waals surface area contributed by atoms with E-state index in [4.69, 9.17) is 11.6 Å². The summed E-state index contributed by atoms with van der Waals surface area (Å²) in [5.74, 6) is -7.27. The van der Waals surface area contributed by atoms with Crippen LogP contribution in [-0.2, 0) is 25.6 Å². The van der Waals surface area contributed by atoms with Crippen LogP contribution in [-0.4, -0.2) is 73.8 Å².